The molecule has 2 fully saturated rings. The highest BCUT2D eigenvalue weighted by atomic mass is 19.1. The molecule has 26 heavy (non-hydrogen) atoms. The van der Waals surface area contributed by atoms with Crippen LogP contribution in [0.5, 0.6) is 5.75 Å². The first kappa shape index (κ1) is 19.1. The molecule has 2 aliphatic rings. The van der Waals surface area contributed by atoms with E-state index in [9.17, 15) is 14.3 Å². The number of ether oxygens (including phenoxy) is 1. The number of hydrogen-bond donors (Lipinski definition) is 1. The molecule has 0 spiro atoms. The van der Waals surface area contributed by atoms with Crippen molar-refractivity contribution in [2.24, 2.45) is 0 Å². The van der Waals surface area contributed by atoms with Gasteiger partial charge in [-0.3, -0.25) is 9.69 Å². The van der Waals surface area contributed by atoms with E-state index in [0.29, 0.717) is 37.2 Å². The number of carbonyl (C=O) groups excluding carboxylic acids is 1. The highest BCUT2D eigenvalue weighted by Gasteiger charge is 2.43. The Morgan fingerprint density at radius 2 is 1.96 bits per heavy atom. The maximum atomic E-state index is 14.1. The molecular formula is C19H28FN3O3. The standard InChI is InChI=1S/C19H28FN3O3/c1-21-8-10-22(11-9-21)14-19(25)6-3-7-23(18(19)24)13-15-12-16(26-2)4-5-17(15)20/h4-5,12,25H,3,6-11,13-14H2,1-2H3/t19-/m0/s1. The SMILES string of the molecule is COc1ccc(F)c(CN2CCC[C@](O)(CN3CCN(C)CC3)C2=O)c1. The van der Waals surface area contributed by atoms with Crippen LogP contribution in [0.1, 0.15) is 18.4 Å². The first-order valence-corrected chi connectivity index (χ1v) is 9.16. The predicted molar refractivity (Wildman–Crippen MR) is 96.5 cm³/mol. The van der Waals surface area contributed by atoms with Crippen LogP contribution in [0.3, 0.4) is 0 Å². The lowest BCUT2D eigenvalue weighted by atomic mass is 9.90. The van der Waals surface area contributed by atoms with Crippen LogP contribution in [0.2, 0.25) is 0 Å². The number of piperazine rings is 1. The van der Waals surface area contributed by atoms with Crippen molar-refractivity contribution in [1.29, 1.82) is 0 Å². The lowest BCUT2D eigenvalue weighted by Crippen LogP contribution is -2.60. The molecule has 144 valence electrons. The normalized spacial score (nSPS) is 25.5. The van der Waals surface area contributed by atoms with Crippen molar-refractivity contribution in [2.75, 3.05) is 53.4 Å². The predicted octanol–water partition coefficient (Wildman–Crippen LogP) is 0.935. The van der Waals surface area contributed by atoms with Gasteiger partial charge in [0.05, 0.1) is 7.11 Å². The van der Waals surface area contributed by atoms with Gasteiger partial charge in [0, 0.05) is 51.4 Å². The number of β-amino-alcohol motifs (C(OH)–C–C–N with tert-alkyl or cyclic N) is 1. The summed E-state index contributed by atoms with van der Waals surface area (Å²) < 4.78 is 19.3. The average Bonchev–Trinajstić information content (AvgIpc) is 2.63. The van der Waals surface area contributed by atoms with Gasteiger partial charge in [0.2, 0.25) is 0 Å². The van der Waals surface area contributed by atoms with Crippen molar-refractivity contribution in [3.8, 4) is 5.75 Å². The van der Waals surface area contributed by atoms with Gasteiger partial charge in [0.15, 0.2) is 5.60 Å². The van der Waals surface area contributed by atoms with Gasteiger partial charge < -0.3 is 19.6 Å². The smallest absolute Gasteiger partial charge is 0.256 e. The van der Waals surface area contributed by atoms with E-state index in [2.05, 4.69) is 16.8 Å². The van der Waals surface area contributed by atoms with Crippen molar-refractivity contribution in [3.63, 3.8) is 0 Å². The zero-order valence-electron chi connectivity index (χ0n) is 15.6. The highest BCUT2D eigenvalue weighted by molar-refractivity contribution is 5.86. The van der Waals surface area contributed by atoms with Crippen molar-refractivity contribution in [1.82, 2.24) is 14.7 Å². The number of carbonyl (C=O) groups is 1. The zero-order valence-corrected chi connectivity index (χ0v) is 15.6. The Labute approximate surface area is 154 Å². The summed E-state index contributed by atoms with van der Waals surface area (Å²) in [5.74, 6) is -0.116. The molecule has 2 aliphatic heterocycles. The van der Waals surface area contributed by atoms with E-state index in [1.165, 1.54) is 13.2 Å². The molecule has 7 heteroatoms. The maximum absolute atomic E-state index is 14.1. The summed E-state index contributed by atoms with van der Waals surface area (Å²) in [4.78, 5) is 18.9. The van der Waals surface area contributed by atoms with Crippen LogP contribution in [0.4, 0.5) is 4.39 Å². The quantitative estimate of drug-likeness (QED) is 0.842. The molecule has 1 N–H and O–H groups in total. The van der Waals surface area contributed by atoms with E-state index >= 15 is 0 Å². The molecule has 0 radical (unpaired) electrons. The number of amides is 1. The van der Waals surface area contributed by atoms with Gasteiger partial charge in [-0.25, -0.2) is 4.39 Å². The number of aliphatic hydroxyl groups is 1. The summed E-state index contributed by atoms with van der Waals surface area (Å²) in [5, 5.41) is 11.0. The van der Waals surface area contributed by atoms with Crippen molar-refractivity contribution >= 4 is 5.91 Å². The molecule has 3 rings (SSSR count). The Balaban J connectivity index is 1.69. The topological polar surface area (TPSA) is 56.3 Å². The molecule has 0 bridgehead atoms. The molecule has 0 aliphatic carbocycles. The third-order valence-corrected chi connectivity index (χ3v) is 5.40. The van der Waals surface area contributed by atoms with Gasteiger partial charge >= 0.3 is 0 Å². The molecule has 1 atom stereocenters. The van der Waals surface area contributed by atoms with Gasteiger partial charge in [-0.15, -0.1) is 0 Å². The third-order valence-electron chi connectivity index (χ3n) is 5.40. The van der Waals surface area contributed by atoms with Gasteiger partial charge in [0.1, 0.15) is 11.6 Å². The fourth-order valence-electron chi connectivity index (χ4n) is 3.74. The lowest BCUT2D eigenvalue weighted by Gasteiger charge is -2.42. The molecule has 6 nitrogen and oxygen atoms in total. The fraction of sp³-hybridized carbons (Fsp3) is 0.632. The minimum Gasteiger partial charge on any atom is -0.497 e. The number of likely N-dealkylation sites (N-methyl/N-ethyl adjacent to an activating group) is 1. The van der Waals surface area contributed by atoms with Gasteiger partial charge in [-0.05, 0) is 38.1 Å². The fourth-order valence-corrected chi connectivity index (χ4v) is 3.74. The van der Waals surface area contributed by atoms with Crippen molar-refractivity contribution in [3.05, 3.63) is 29.6 Å². The number of halogens is 1. The molecule has 0 aromatic heterocycles. The average molecular weight is 365 g/mol. The Morgan fingerprint density at radius 1 is 1.23 bits per heavy atom. The Hall–Kier alpha value is -1.70. The number of nitrogens with zero attached hydrogens (tertiary/aromatic N) is 3. The lowest BCUT2D eigenvalue weighted by molar-refractivity contribution is -0.160. The Bertz CT molecular complexity index is 649. The monoisotopic (exact) mass is 365 g/mol. The first-order chi connectivity index (χ1) is 12.4. The van der Waals surface area contributed by atoms with Crippen LogP contribution in [0.15, 0.2) is 18.2 Å². The van der Waals surface area contributed by atoms with Crippen LogP contribution in [0, 0.1) is 5.82 Å². The van der Waals surface area contributed by atoms with Crippen LogP contribution in [-0.4, -0.2) is 84.7 Å². The highest BCUT2D eigenvalue weighted by Crippen LogP contribution is 2.27. The van der Waals surface area contributed by atoms with Crippen molar-refractivity contribution in [2.45, 2.75) is 25.0 Å². The van der Waals surface area contributed by atoms with Crippen LogP contribution in [0.25, 0.3) is 0 Å². The van der Waals surface area contributed by atoms with E-state index in [1.54, 1.807) is 17.0 Å². The second kappa shape index (κ2) is 7.90. The largest absolute Gasteiger partial charge is 0.497 e. The zero-order chi connectivity index (χ0) is 18.7. The van der Waals surface area contributed by atoms with E-state index in [0.717, 1.165) is 26.2 Å². The summed E-state index contributed by atoms with van der Waals surface area (Å²) in [7, 11) is 3.60. The summed E-state index contributed by atoms with van der Waals surface area (Å²) in [5.41, 5.74) is -0.981. The minimum atomic E-state index is -1.39. The van der Waals surface area contributed by atoms with E-state index in [1.807, 2.05) is 0 Å². The Morgan fingerprint density at radius 3 is 2.65 bits per heavy atom. The number of benzene rings is 1. The first-order valence-electron chi connectivity index (χ1n) is 9.16. The molecule has 0 unspecified atom stereocenters. The van der Waals surface area contributed by atoms with Crippen LogP contribution in [-0.2, 0) is 11.3 Å². The summed E-state index contributed by atoms with van der Waals surface area (Å²) in [6.45, 7) is 4.57. The van der Waals surface area contributed by atoms with Gasteiger partial charge in [-0.1, -0.05) is 0 Å². The number of rotatable bonds is 5. The molecule has 1 amide bonds. The number of likely N-dealkylation sites (tertiary alicyclic amines) is 1. The van der Waals surface area contributed by atoms with Gasteiger partial charge in [0.25, 0.3) is 5.91 Å². The van der Waals surface area contributed by atoms with E-state index < -0.39 is 5.60 Å². The minimum absolute atomic E-state index is 0.146. The van der Waals surface area contributed by atoms with E-state index in [4.69, 9.17) is 4.74 Å². The van der Waals surface area contributed by atoms with Crippen LogP contribution < -0.4 is 4.74 Å². The second-order valence-electron chi connectivity index (χ2n) is 7.40. The maximum Gasteiger partial charge on any atom is 0.256 e. The number of hydrogen-bond acceptors (Lipinski definition) is 5. The second-order valence-corrected chi connectivity index (χ2v) is 7.40. The summed E-state index contributed by atoms with van der Waals surface area (Å²) in [6.07, 6.45) is 1.16. The third kappa shape index (κ3) is 4.16. The van der Waals surface area contributed by atoms with Crippen molar-refractivity contribution < 1.29 is 19.0 Å². The van der Waals surface area contributed by atoms with Gasteiger partial charge in [-0.2, -0.15) is 0 Å². The molecule has 2 saturated heterocycles. The molecule has 2 heterocycles. The van der Waals surface area contributed by atoms with E-state index in [-0.39, 0.29) is 18.3 Å². The summed E-state index contributed by atoms with van der Waals surface area (Å²) >= 11 is 0. The molecular weight excluding hydrogens is 337 g/mol. The number of piperidine rings is 1. The molecule has 1 aromatic carbocycles. The Kier molecular flexibility index (Phi) is 5.79. The molecule has 1 aromatic rings. The summed E-state index contributed by atoms with van der Waals surface area (Å²) in [6, 6.07) is 4.51. The number of methoxy groups -OCH3 is 1. The van der Waals surface area contributed by atoms with Crippen LogP contribution >= 0.6 is 0 Å². The molecule has 0 saturated carbocycles.